The Morgan fingerprint density at radius 1 is 0.958 bits per heavy atom. The Balaban J connectivity index is 2.37. The summed E-state index contributed by atoms with van der Waals surface area (Å²) in [5.74, 6) is 0. The monoisotopic (exact) mass is 409 g/mol. The van der Waals surface area contributed by atoms with Crippen molar-refractivity contribution in [3.05, 3.63) is 52.0 Å². The third kappa shape index (κ3) is 4.38. The van der Waals surface area contributed by atoms with Crippen LogP contribution in [0.1, 0.15) is 5.56 Å². The van der Waals surface area contributed by atoms with E-state index in [0.29, 0.717) is 10.6 Å². The summed E-state index contributed by atoms with van der Waals surface area (Å²) in [7, 11) is -8.28. The third-order valence-corrected chi connectivity index (χ3v) is 6.12. The highest BCUT2D eigenvalue weighted by Crippen LogP contribution is 2.29. The van der Waals surface area contributed by atoms with Crippen LogP contribution in [-0.2, 0) is 26.6 Å². The maximum absolute atomic E-state index is 12.4. The maximum Gasteiger partial charge on any atom is 0.242 e. The van der Waals surface area contributed by atoms with E-state index in [0.717, 1.165) is 12.1 Å². The lowest BCUT2D eigenvalue weighted by Crippen LogP contribution is -2.25. The molecule has 0 saturated carbocycles. The molecule has 11 heteroatoms. The highest BCUT2D eigenvalue weighted by molar-refractivity contribution is 7.90. The number of nitrogen functional groups attached to an aromatic ring is 1. The minimum absolute atomic E-state index is 0.0354. The molecule has 0 atom stereocenters. The molecule has 130 valence electrons. The topological polar surface area (TPSA) is 132 Å². The Morgan fingerprint density at radius 2 is 1.54 bits per heavy atom. The van der Waals surface area contributed by atoms with Gasteiger partial charge in [0.2, 0.25) is 20.0 Å². The van der Waals surface area contributed by atoms with Crippen molar-refractivity contribution in [1.29, 1.82) is 0 Å². The minimum atomic E-state index is -4.20. The van der Waals surface area contributed by atoms with E-state index in [1.54, 1.807) is 24.3 Å². The second-order valence-electron chi connectivity index (χ2n) is 4.82. The summed E-state index contributed by atoms with van der Waals surface area (Å²) < 4.78 is 50.1. The highest BCUT2D eigenvalue weighted by atomic mass is 35.5. The van der Waals surface area contributed by atoms with Gasteiger partial charge in [0, 0.05) is 11.6 Å². The Hall–Kier alpha value is -1.36. The molecule has 0 amide bonds. The zero-order valence-corrected chi connectivity index (χ0v) is 15.2. The van der Waals surface area contributed by atoms with E-state index in [9.17, 15) is 16.8 Å². The van der Waals surface area contributed by atoms with Gasteiger partial charge in [0.1, 0.15) is 9.79 Å². The normalized spacial score (nSPS) is 12.3. The predicted molar refractivity (Wildman–Crippen MR) is 92.7 cm³/mol. The number of nitrogens with one attached hydrogen (secondary N) is 1. The summed E-state index contributed by atoms with van der Waals surface area (Å²) in [5.41, 5.74) is 6.11. The molecule has 2 rings (SSSR count). The van der Waals surface area contributed by atoms with Crippen molar-refractivity contribution in [1.82, 2.24) is 4.72 Å². The number of halogens is 2. The number of rotatable bonds is 5. The van der Waals surface area contributed by atoms with Crippen LogP contribution >= 0.6 is 23.2 Å². The van der Waals surface area contributed by atoms with Gasteiger partial charge in [-0.05, 0) is 29.8 Å². The van der Waals surface area contributed by atoms with Crippen LogP contribution in [0.2, 0.25) is 10.0 Å². The molecule has 2 aromatic rings. The minimum Gasteiger partial charge on any atom is -0.398 e. The zero-order valence-electron chi connectivity index (χ0n) is 12.0. The van der Waals surface area contributed by atoms with E-state index >= 15 is 0 Å². The van der Waals surface area contributed by atoms with E-state index < -0.39 is 29.8 Å². The second kappa shape index (κ2) is 6.87. The van der Waals surface area contributed by atoms with Gasteiger partial charge in [-0.15, -0.1) is 0 Å². The number of benzene rings is 2. The molecule has 0 unspecified atom stereocenters. The third-order valence-electron chi connectivity index (χ3n) is 3.04. The molecular weight excluding hydrogens is 397 g/mol. The SMILES string of the molecule is Nc1cc(Cl)c(S(N)(=O)=O)cc1S(=O)(=O)NCc1ccc(Cl)cc1. The number of anilines is 1. The first-order valence-electron chi connectivity index (χ1n) is 6.36. The number of nitrogens with two attached hydrogens (primary N) is 2. The smallest absolute Gasteiger partial charge is 0.242 e. The van der Waals surface area contributed by atoms with Gasteiger partial charge in [0.05, 0.1) is 10.7 Å². The second-order valence-corrected chi connectivity index (χ2v) is 8.93. The van der Waals surface area contributed by atoms with Crippen LogP contribution in [0.3, 0.4) is 0 Å². The first kappa shape index (κ1) is 19.0. The van der Waals surface area contributed by atoms with Gasteiger partial charge in [-0.3, -0.25) is 0 Å². The van der Waals surface area contributed by atoms with Crippen LogP contribution < -0.4 is 15.6 Å². The summed E-state index contributed by atoms with van der Waals surface area (Å²) in [4.78, 5) is -0.949. The first-order valence-corrected chi connectivity index (χ1v) is 10.1. The molecule has 0 heterocycles. The summed E-state index contributed by atoms with van der Waals surface area (Å²) in [6.45, 7) is -0.0354. The van der Waals surface area contributed by atoms with Gasteiger partial charge in [-0.2, -0.15) is 0 Å². The number of sulfonamides is 2. The molecular formula is C13H13Cl2N3O4S2. The summed E-state index contributed by atoms with van der Waals surface area (Å²) in [6, 6.07) is 8.37. The summed E-state index contributed by atoms with van der Waals surface area (Å²) >= 11 is 11.5. The van der Waals surface area contributed by atoms with Crippen LogP contribution in [0.15, 0.2) is 46.2 Å². The van der Waals surface area contributed by atoms with Crippen molar-refractivity contribution < 1.29 is 16.8 Å². The van der Waals surface area contributed by atoms with Crippen molar-refractivity contribution in [3.63, 3.8) is 0 Å². The molecule has 0 bridgehead atoms. The quantitative estimate of drug-likeness (QED) is 0.646. The lowest BCUT2D eigenvalue weighted by Gasteiger charge is -2.12. The average molecular weight is 410 g/mol. The Kier molecular flexibility index (Phi) is 5.43. The molecule has 0 radical (unpaired) electrons. The van der Waals surface area contributed by atoms with Gasteiger partial charge in [0.15, 0.2) is 0 Å². The molecule has 0 saturated heterocycles. The molecule has 24 heavy (non-hydrogen) atoms. The van der Waals surface area contributed by atoms with Crippen LogP contribution in [0.4, 0.5) is 5.69 Å². The molecule has 0 aliphatic carbocycles. The standard InChI is InChI=1S/C13H13Cl2N3O4S2/c14-9-3-1-8(2-4-9)7-18-24(21,22)13-6-12(23(17,19)20)10(15)5-11(13)16/h1-6,18H,7,16H2,(H2,17,19,20). The van der Waals surface area contributed by atoms with Crippen molar-refractivity contribution in [2.75, 3.05) is 5.73 Å². The van der Waals surface area contributed by atoms with Crippen LogP contribution in [0, 0.1) is 0 Å². The molecule has 7 nitrogen and oxygen atoms in total. The molecule has 5 N–H and O–H groups in total. The molecule has 0 fully saturated rings. The summed E-state index contributed by atoms with van der Waals surface area (Å²) in [5, 5.41) is 5.28. The fourth-order valence-corrected chi connectivity index (χ4v) is 4.32. The van der Waals surface area contributed by atoms with Gasteiger partial charge < -0.3 is 5.73 Å². The van der Waals surface area contributed by atoms with E-state index in [1.807, 2.05) is 0 Å². The largest absolute Gasteiger partial charge is 0.398 e. The maximum atomic E-state index is 12.4. The fraction of sp³-hybridized carbons (Fsp3) is 0.0769. The first-order chi connectivity index (χ1) is 11.0. The number of hydrogen-bond acceptors (Lipinski definition) is 5. The van der Waals surface area contributed by atoms with Crippen molar-refractivity contribution in [2.24, 2.45) is 5.14 Å². The number of hydrogen-bond donors (Lipinski definition) is 3. The van der Waals surface area contributed by atoms with Gasteiger partial charge in [-0.25, -0.2) is 26.7 Å². The molecule has 0 aliphatic rings. The van der Waals surface area contributed by atoms with E-state index in [1.165, 1.54) is 0 Å². The van der Waals surface area contributed by atoms with E-state index in [4.69, 9.17) is 34.1 Å². The highest BCUT2D eigenvalue weighted by Gasteiger charge is 2.23. The fourth-order valence-electron chi connectivity index (χ4n) is 1.86. The van der Waals surface area contributed by atoms with Crippen LogP contribution in [-0.4, -0.2) is 16.8 Å². The van der Waals surface area contributed by atoms with Crippen molar-refractivity contribution in [2.45, 2.75) is 16.3 Å². The van der Waals surface area contributed by atoms with Crippen molar-refractivity contribution in [3.8, 4) is 0 Å². The molecule has 0 spiro atoms. The van der Waals surface area contributed by atoms with Crippen molar-refractivity contribution >= 4 is 48.9 Å². The molecule has 0 aliphatic heterocycles. The van der Waals surface area contributed by atoms with E-state index in [-0.39, 0.29) is 17.3 Å². The van der Waals surface area contributed by atoms with Gasteiger partial charge in [0.25, 0.3) is 0 Å². The van der Waals surface area contributed by atoms with Crippen LogP contribution in [0.25, 0.3) is 0 Å². The molecule has 2 aromatic carbocycles. The van der Waals surface area contributed by atoms with Gasteiger partial charge in [-0.1, -0.05) is 35.3 Å². The van der Waals surface area contributed by atoms with Gasteiger partial charge >= 0.3 is 0 Å². The number of primary sulfonamides is 1. The van der Waals surface area contributed by atoms with Crippen LogP contribution in [0.5, 0.6) is 0 Å². The Morgan fingerprint density at radius 3 is 2.08 bits per heavy atom. The predicted octanol–water partition coefficient (Wildman–Crippen LogP) is 1.70. The Bertz CT molecular complexity index is 975. The molecule has 0 aromatic heterocycles. The summed E-state index contributed by atoms with van der Waals surface area (Å²) in [6.07, 6.45) is 0. The zero-order chi connectivity index (χ0) is 18.1. The van der Waals surface area contributed by atoms with E-state index in [2.05, 4.69) is 4.72 Å². The Labute approximate surface area is 149 Å². The average Bonchev–Trinajstić information content (AvgIpc) is 2.45. The lowest BCUT2D eigenvalue weighted by molar-refractivity contribution is 0.581. The lowest BCUT2D eigenvalue weighted by atomic mass is 10.2.